The van der Waals surface area contributed by atoms with Crippen molar-refractivity contribution < 1.29 is 4.42 Å². The molecule has 1 aromatic carbocycles. The van der Waals surface area contributed by atoms with E-state index in [0.717, 1.165) is 27.0 Å². The number of halogens is 1. The van der Waals surface area contributed by atoms with E-state index in [9.17, 15) is 0 Å². The second-order valence-electron chi connectivity index (χ2n) is 3.70. The summed E-state index contributed by atoms with van der Waals surface area (Å²) >= 11 is 3.38. The number of nitrogen functional groups attached to an aromatic ring is 1. The van der Waals surface area contributed by atoms with E-state index in [1.54, 1.807) is 0 Å². The van der Waals surface area contributed by atoms with Crippen LogP contribution in [0.5, 0.6) is 0 Å². The van der Waals surface area contributed by atoms with Crippen LogP contribution in [0.2, 0.25) is 0 Å². The fraction of sp³-hybridized carbons (Fsp3) is 0.0909. The van der Waals surface area contributed by atoms with Gasteiger partial charge in [0.15, 0.2) is 17.4 Å². The maximum atomic E-state index is 5.60. The van der Waals surface area contributed by atoms with Crippen molar-refractivity contribution in [3.05, 3.63) is 28.7 Å². The highest BCUT2D eigenvalue weighted by Gasteiger charge is 2.11. The molecule has 0 bridgehead atoms. The van der Waals surface area contributed by atoms with Crippen LogP contribution in [-0.4, -0.2) is 15.0 Å². The van der Waals surface area contributed by atoms with Crippen molar-refractivity contribution >= 4 is 33.0 Å². The Morgan fingerprint density at radius 1 is 1.35 bits per heavy atom. The summed E-state index contributed by atoms with van der Waals surface area (Å²) in [7, 11) is 0. The number of anilines is 1. The van der Waals surface area contributed by atoms with Crippen molar-refractivity contribution in [1.29, 1.82) is 0 Å². The number of oxazole rings is 1. The lowest BCUT2D eigenvalue weighted by atomic mass is 10.1. The fourth-order valence-electron chi connectivity index (χ4n) is 1.75. The second kappa shape index (κ2) is 3.59. The number of benzene rings is 1. The number of nitrogens with zero attached hydrogens (tertiary/aromatic N) is 2. The zero-order chi connectivity index (χ0) is 12.0. The second-order valence-corrected chi connectivity index (χ2v) is 4.49. The molecule has 3 aromatic rings. The molecule has 0 aliphatic rings. The number of aryl methyl sites for hydroxylation is 1. The minimum absolute atomic E-state index is 0.376. The molecular weight excluding hydrogens is 284 g/mol. The predicted octanol–water partition coefficient (Wildman–Crippen LogP) is 2.87. The first-order valence-corrected chi connectivity index (χ1v) is 5.81. The van der Waals surface area contributed by atoms with E-state index in [0.29, 0.717) is 11.8 Å². The lowest BCUT2D eigenvalue weighted by Crippen LogP contribution is -1.85. The zero-order valence-corrected chi connectivity index (χ0v) is 10.6. The van der Waals surface area contributed by atoms with E-state index in [1.807, 2.05) is 25.1 Å². The maximum Gasteiger partial charge on any atom is 0.198 e. The van der Waals surface area contributed by atoms with Crippen molar-refractivity contribution in [3.8, 4) is 11.3 Å². The van der Waals surface area contributed by atoms with Crippen LogP contribution in [0.4, 0.5) is 5.95 Å². The maximum absolute atomic E-state index is 5.60. The average Bonchev–Trinajstić information content (AvgIpc) is 2.78. The van der Waals surface area contributed by atoms with Crippen molar-refractivity contribution in [2.45, 2.75) is 6.92 Å². The number of H-pyrrole nitrogens is 1. The number of hydrogen-bond acceptors (Lipinski definition) is 4. The van der Waals surface area contributed by atoms with E-state index in [1.165, 1.54) is 0 Å². The smallest absolute Gasteiger partial charge is 0.198 e. The largest absolute Gasteiger partial charge is 0.441 e. The Morgan fingerprint density at radius 3 is 2.88 bits per heavy atom. The molecule has 0 radical (unpaired) electrons. The number of aromatic nitrogens is 3. The highest BCUT2D eigenvalue weighted by Crippen LogP contribution is 2.29. The minimum Gasteiger partial charge on any atom is -0.441 e. The van der Waals surface area contributed by atoms with Gasteiger partial charge in [0.25, 0.3) is 0 Å². The average molecular weight is 293 g/mol. The number of hydrogen-bond donors (Lipinski definition) is 2. The predicted molar refractivity (Wildman–Crippen MR) is 68.4 cm³/mol. The summed E-state index contributed by atoms with van der Waals surface area (Å²) in [6.45, 7) is 1.82. The van der Waals surface area contributed by atoms with Gasteiger partial charge in [-0.15, -0.1) is 0 Å². The van der Waals surface area contributed by atoms with Crippen LogP contribution in [0.1, 0.15) is 5.89 Å². The Morgan fingerprint density at radius 2 is 2.18 bits per heavy atom. The third-order valence-electron chi connectivity index (χ3n) is 2.45. The standard InChI is InChI=1S/C11H9BrN4O/c1-5-14-7-3-2-6(4-8(7)17-5)9-10(12)16-11(13)15-9/h2-4H,1H3,(H3,13,15,16). The molecule has 2 heterocycles. The molecule has 17 heavy (non-hydrogen) atoms. The zero-order valence-electron chi connectivity index (χ0n) is 8.99. The first kappa shape index (κ1) is 10.3. The lowest BCUT2D eigenvalue weighted by Gasteiger charge is -1.96. The Bertz CT molecular complexity index is 701. The van der Waals surface area contributed by atoms with Crippen LogP contribution in [0.25, 0.3) is 22.4 Å². The topological polar surface area (TPSA) is 80.7 Å². The molecule has 0 aliphatic heterocycles. The van der Waals surface area contributed by atoms with E-state index in [4.69, 9.17) is 10.2 Å². The van der Waals surface area contributed by atoms with Crippen LogP contribution in [0.15, 0.2) is 27.2 Å². The summed E-state index contributed by atoms with van der Waals surface area (Å²) in [4.78, 5) is 11.3. The monoisotopic (exact) mass is 292 g/mol. The minimum atomic E-state index is 0.376. The number of fused-ring (bicyclic) bond motifs is 1. The highest BCUT2D eigenvalue weighted by molar-refractivity contribution is 9.10. The number of nitrogens with two attached hydrogens (primary N) is 1. The van der Waals surface area contributed by atoms with Gasteiger partial charge in [-0.3, -0.25) is 0 Å². The Labute approximate surface area is 105 Å². The molecule has 0 fully saturated rings. The van der Waals surface area contributed by atoms with Gasteiger partial charge in [-0.1, -0.05) is 6.07 Å². The summed E-state index contributed by atoms with van der Waals surface area (Å²) in [5.41, 5.74) is 8.87. The number of aromatic amines is 1. The van der Waals surface area contributed by atoms with Gasteiger partial charge in [0.2, 0.25) is 0 Å². The fourth-order valence-corrected chi connectivity index (χ4v) is 2.27. The molecule has 6 heteroatoms. The van der Waals surface area contributed by atoms with Crippen LogP contribution in [-0.2, 0) is 0 Å². The summed E-state index contributed by atoms with van der Waals surface area (Å²) in [5.74, 6) is 1.03. The van der Waals surface area contributed by atoms with Gasteiger partial charge in [-0.05, 0) is 28.1 Å². The quantitative estimate of drug-likeness (QED) is 0.723. The molecule has 0 amide bonds. The summed E-state index contributed by atoms with van der Waals surface area (Å²) in [6, 6.07) is 5.73. The van der Waals surface area contributed by atoms with Gasteiger partial charge in [-0.2, -0.15) is 0 Å². The highest BCUT2D eigenvalue weighted by atomic mass is 79.9. The van der Waals surface area contributed by atoms with Crippen LogP contribution >= 0.6 is 15.9 Å². The molecule has 3 N–H and O–H groups in total. The number of nitrogens with one attached hydrogen (secondary N) is 1. The first-order chi connectivity index (χ1) is 8.13. The van der Waals surface area contributed by atoms with Gasteiger partial charge in [0.1, 0.15) is 15.8 Å². The molecule has 0 saturated carbocycles. The van der Waals surface area contributed by atoms with E-state index in [2.05, 4.69) is 30.9 Å². The first-order valence-electron chi connectivity index (χ1n) is 5.02. The van der Waals surface area contributed by atoms with E-state index in [-0.39, 0.29) is 0 Å². The normalized spacial score (nSPS) is 11.2. The van der Waals surface area contributed by atoms with Crippen LogP contribution in [0, 0.1) is 6.92 Å². The molecule has 0 saturated heterocycles. The molecule has 2 aromatic heterocycles. The molecule has 86 valence electrons. The third-order valence-corrected chi connectivity index (χ3v) is 3.02. The van der Waals surface area contributed by atoms with Gasteiger partial charge in [0.05, 0.1) is 0 Å². The summed E-state index contributed by atoms with van der Waals surface area (Å²) in [6.07, 6.45) is 0. The summed E-state index contributed by atoms with van der Waals surface area (Å²) in [5, 5.41) is 0. The van der Waals surface area contributed by atoms with Crippen LogP contribution < -0.4 is 5.73 Å². The molecule has 0 spiro atoms. The number of rotatable bonds is 1. The Kier molecular flexibility index (Phi) is 2.19. The third kappa shape index (κ3) is 1.70. The lowest BCUT2D eigenvalue weighted by molar-refractivity contribution is 0.561. The molecule has 0 aliphatic carbocycles. The molecule has 0 unspecified atom stereocenters. The van der Waals surface area contributed by atoms with Crippen molar-refractivity contribution in [2.24, 2.45) is 0 Å². The van der Waals surface area contributed by atoms with Gasteiger partial charge < -0.3 is 15.1 Å². The molecule has 3 rings (SSSR count). The van der Waals surface area contributed by atoms with E-state index >= 15 is 0 Å². The van der Waals surface area contributed by atoms with Crippen molar-refractivity contribution in [2.75, 3.05) is 5.73 Å². The SMILES string of the molecule is Cc1nc2ccc(-c3nc(N)[nH]c3Br)cc2o1. The molecular formula is C11H9BrN4O. The number of imidazole rings is 1. The Hall–Kier alpha value is -1.82. The van der Waals surface area contributed by atoms with Crippen molar-refractivity contribution in [1.82, 2.24) is 15.0 Å². The van der Waals surface area contributed by atoms with E-state index < -0.39 is 0 Å². The van der Waals surface area contributed by atoms with Gasteiger partial charge >= 0.3 is 0 Å². The molecule has 5 nitrogen and oxygen atoms in total. The van der Waals surface area contributed by atoms with Crippen LogP contribution in [0.3, 0.4) is 0 Å². The van der Waals surface area contributed by atoms with Gasteiger partial charge in [0, 0.05) is 12.5 Å². The Balaban J connectivity index is 2.20. The van der Waals surface area contributed by atoms with Crippen molar-refractivity contribution in [3.63, 3.8) is 0 Å². The van der Waals surface area contributed by atoms with Gasteiger partial charge in [-0.25, -0.2) is 9.97 Å². The molecule has 0 atom stereocenters. The summed E-state index contributed by atoms with van der Waals surface area (Å²) < 4.78 is 6.24.